The zero-order valence-electron chi connectivity index (χ0n) is 13.3. The summed E-state index contributed by atoms with van der Waals surface area (Å²) in [6, 6.07) is 14.0. The Morgan fingerprint density at radius 2 is 1.78 bits per heavy atom. The molecular formula is C18H20N4O. The molecule has 0 bridgehead atoms. The van der Waals surface area contributed by atoms with Crippen molar-refractivity contribution >= 4 is 11.5 Å². The molecule has 2 heterocycles. The topological polar surface area (TPSA) is 52.4 Å². The van der Waals surface area contributed by atoms with E-state index in [0.29, 0.717) is 5.56 Å². The van der Waals surface area contributed by atoms with Crippen LogP contribution in [-0.4, -0.2) is 38.3 Å². The van der Waals surface area contributed by atoms with Crippen molar-refractivity contribution in [1.82, 2.24) is 4.98 Å². The number of hydrogen-bond donors (Lipinski definition) is 0. The summed E-state index contributed by atoms with van der Waals surface area (Å²) in [6.45, 7) is 3.68. The highest BCUT2D eigenvalue weighted by molar-refractivity contribution is 5.55. The molecule has 0 saturated carbocycles. The number of nitriles is 1. The Bertz CT molecular complexity index is 693. The highest BCUT2D eigenvalue weighted by Gasteiger charge is 2.18. The molecule has 1 fully saturated rings. The van der Waals surface area contributed by atoms with E-state index in [4.69, 9.17) is 4.74 Å². The molecule has 0 atom stereocenters. The molecule has 23 heavy (non-hydrogen) atoms. The number of nitrogens with zero attached hydrogens (tertiary/aromatic N) is 4. The maximum Gasteiger partial charge on any atom is 0.146 e. The lowest BCUT2D eigenvalue weighted by Gasteiger charge is -2.24. The summed E-state index contributed by atoms with van der Waals surface area (Å²) in [6.07, 6.45) is 2.79. The predicted molar refractivity (Wildman–Crippen MR) is 91.0 cm³/mol. The summed E-state index contributed by atoms with van der Waals surface area (Å²) in [7, 11) is 1.68. The lowest BCUT2D eigenvalue weighted by molar-refractivity contribution is 0.415. The first-order valence-electron chi connectivity index (χ1n) is 7.81. The van der Waals surface area contributed by atoms with Gasteiger partial charge in [0.25, 0.3) is 0 Å². The lowest BCUT2D eigenvalue weighted by Crippen LogP contribution is -2.31. The second-order valence-corrected chi connectivity index (χ2v) is 5.51. The fraction of sp³-hybridized carbons (Fsp3) is 0.333. The van der Waals surface area contributed by atoms with Gasteiger partial charge in [-0.25, -0.2) is 4.98 Å². The van der Waals surface area contributed by atoms with E-state index in [2.05, 4.69) is 33.0 Å². The molecule has 5 heteroatoms. The van der Waals surface area contributed by atoms with Crippen LogP contribution in [0.5, 0.6) is 5.75 Å². The highest BCUT2D eigenvalue weighted by atomic mass is 16.5. The number of anilines is 2. The Kier molecular flexibility index (Phi) is 4.62. The van der Waals surface area contributed by atoms with Crippen LogP contribution in [0.15, 0.2) is 42.6 Å². The number of methoxy groups -OCH3 is 1. The van der Waals surface area contributed by atoms with E-state index in [1.807, 2.05) is 24.3 Å². The number of rotatable bonds is 3. The molecule has 2 aromatic rings. The normalized spacial score (nSPS) is 15.0. The first-order valence-corrected chi connectivity index (χ1v) is 7.81. The Morgan fingerprint density at radius 3 is 2.52 bits per heavy atom. The Labute approximate surface area is 136 Å². The van der Waals surface area contributed by atoms with Gasteiger partial charge in [0, 0.05) is 38.1 Å². The minimum absolute atomic E-state index is 0.644. The minimum Gasteiger partial charge on any atom is -0.497 e. The van der Waals surface area contributed by atoms with Gasteiger partial charge in [0.2, 0.25) is 0 Å². The van der Waals surface area contributed by atoms with Crippen LogP contribution in [-0.2, 0) is 0 Å². The number of aromatic nitrogens is 1. The molecule has 0 unspecified atom stereocenters. The van der Waals surface area contributed by atoms with Crippen LogP contribution in [0, 0.1) is 11.3 Å². The van der Waals surface area contributed by atoms with E-state index in [9.17, 15) is 5.26 Å². The quantitative estimate of drug-likeness (QED) is 0.872. The third kappa shape index (κ3) is 3.37. The molecule has 3 rings (SSSR count). The van der Waals surface area contributed by atoms with Crippen molar-refractivity contribution in [2.24, 2.45) is 0 Å². The van der Waals surface area contributed by atoms with E-state index < -0.39 is 0 Å². The molecule has 1 aliphatic heterocycles. The smallest absolute Gasteiger partial charge is 0.146 e. The number of benzene rings is 1. The highest BCUT2D eigenvalue weighted by Crippen LogP contribution is 2.23. The average Bonchev–Trinajstić information content (AvgIpc) is 2.88. The van der Waals surface area contributed by atoms with Gasteiger partial charge >= 0.3 is 0 Å². The zero-order chi connectivity index (χ0) is 16.1. The molecule has 0 N–H and O–H groups in total. The van der Waals surface area contributed by atoms with Crippen molar-refractivity contribution in [3.05, 3.63) is 48.2 Å². The van der Waals surface area contributed by atoms with Crippen LogP contribution in [0.1, 0.15) is 12.0 Å². The van der Waals surface area contributed by atoms with E-state index >= 15 is 0 Å². The monoisotopic (exact) mass is 308 g/mol. The summed E-state index contributed by atoms with van der Waals surface area (Å²) >= 11 is 0. The first-order chi connectivity index (χ1) is 11.3. The molecule has 0 radical (unpaired) electrons. The van der Waals surface area contributed by atoms with Gasteiger partial charge in [0.05, 0.1) is 12.7 Å². The molecule has 1 aliphatic rings. The molecule has 5 nitrogen and oxygen atoms in total. The SMILES string of the molecule is COc1ccc(N2CCCN(c3ncccc3C#N)CC2)cc1. The van der Waals surface area contributed by atoms with Gasteiger partial charge in [0.15, 0.2) is 0 Å². The van der Waals surface area contributed by atoms with Crippen LogP contribution in [0.2, 0.25) is 0 Å². The van der Waals surface area contributed by atoms with Gasteiger partial charge in [0.1, 0.15) is 17.6 Å². The second-order valence-electron chi connectivity index (χ2n) is 5.51. The molecule has 1 saturated heterocycles. The molecule has 118 valence electrons. The first kappa shape index (κ1) is 15.2. The van der Waals surface area contributed by atoms with Crippen LogP contribution < -0.4 is 14.5 Å². The summed E-state index contributed by atoms with van der Waals surface area (Å²) in [5.41, 5.74) is 1.85. The maximum absolute atomic E-state index is 9.26. The number of hydrogen-bond acceptors (Lipinski definition) is 5. The minimum atomic E-state index is 0.644. The standard InChI is InChI=1S/C18H20N4O/c1-23-17-7-5-16(6-8-17)21-10-3-11-22(13-12-21)18-15(14-19)4-2-9-20-18/h2,4-9H,3,10-13H2,1H3. The second kappa shape index (κ2) is 7.01. The third-order valence-corrected chi connectivity index (χ3v) is 4.14. The zero-order valence-corrected chi connectivity index (χ0v) is 13.3. The number of ether oxygens (including phenoxy) is 1. The largest absolute Gasteiger partial charge is 0.497 e. The van der Waals surface area contributed by atoms with E-state index in [0.717, 1.165) is 44.2 Å². The Morgan fingerprint density at radius 1 is 1.04 bits per heavy atom. The Balaban J connectivity index is 1.73. The van der Waals surface area contributed by atoms with Crippen molar-refractivity contribution in [2.75, 3.05) is 43.1 Å². The molecule has 0 spiro atoms. The predicted octanol–water partition coefficient (Wildman–Crippen LogP) is 2.68. The van der Waals surface area contributed by atoms with Gasteiger partial charge in [-0.3, -0.25) is 0 Å². The fourth-order valence-electron chi connectivity index (χ4n) is 2.92. The number of pyridine rings is 1. The van der Waals surface area contributed by atoms with Crippen LogP contribution >= 0.6 is 0 Å². The summed E-state index contributed by atoms with van der Waals surface area (Å²) < 4.78 is 5.22. The average molecular weight is 308 g/mol. The molecule has 1 aromatic heterocycles. The van der Waals surface area contributed by atoms with Gasteiger partial charge in [-0.2, -0.15) is 5.26 Å². The Hall–Kier alpha value is -2.74. The van der Waals surface area contributed by atoms with E-state index in [-0.39, 0.29) is 0 Å². The van der Waals surface area contributed by atoms with Crippen molar-refractivity contribution in [3.63, 3.8) is 0 Å². The molecule has 0 aliphatic carbocycles. The van der Waals surface area contributed by atoms with Crippen molar-refractivity contribution in [3.8, 4) is 11.8 Å². The molecular weight excluding hydrogens is 288 g/mol. The van der Waals surface area contributed by atoms with Gasteiger partial charge in [-0.05, 0) is 42.8 Å². The molecule has 0 amide bonds. The van der Waals surface area contributed by atoms with Crippen molar-refractivity contribution in [2.45, 2.75) is 6.42 Å². The molecule has 1 aromatic carbocycles. The van der Waals surface area contributed by atoms with E-state index in [1.165, 1.54) is 5.69 Å². The third-order valence-electron chi connectivity index (χ3n) is 4.14. The van der Waals surface area contributed by atoms with Gasteiger partial charge in [-0.15, -0.1) is 0 Å². The van der Waals surface area contributed by atoms with Gasteiger partial charge in [-0.1, -0.05) is 0 Å². The summed E-state index contributed by atoms with van der Waals surface area (Å²) in [5.74, 6) is 1.67. The van der Waals surface area contributed by atoms with Crippen molar-refractivity contribution in [1.29, 1.82) is 5.26 Å². The van der Waals surface area contributed by atoms with Crippen LogP contribution in [0.4, 0.5) is 11.5 Å². The maximum atomic E-state index is 9.26. The van der Waals surface area contributed by atoms with E-state index in [1.54, 1.807) is 13.3 Å². The lowest BCUT2D eigenvalue weighted by atomic mass is 10.2. The van der Waals surface area contributed by atoms with Crippen LogP contribution in [0.3, 0.4) is 0 Å². The summed E-state index contributed by atoms with van der Waals surface area (Å²) in [5, 5.41) is 9.26. The van der Waals surface area contributed by atoms with Crippen molar-refractivity contribution < 1.29 is 4.74 Å². The van der Waals surface area contributed by atoms with Gasteiger partial charge < -0.3 is 14.5 Å². The fourth-order valence-corrected chi connectivity index (χ4v) is 2.92. The summed E-state index contributed by atoms with van der Waals surface area (Å²) in [4.78, 5) is 8.98. The van der Waals surface area contributed by atoms with Crippen LogP contribution in [0.25, 0.3) is 0 Å².